The summed E-state index contributed by atoms with van der Waals surface area (Å²) in [6, 6.07) is 16.8. The van der Waals surface area contributed by atoms with Crippen molar-refractivity contribution in [1.29, 1.82) is 10.5 Å². The van der Waals surface area contributed by atoms with E-state index in [0.29, 0.717) is 51.2 Å². The van der Waals surface area contributed by atoms with Crippen LogP contribution in [0.1, 0.15) is 48.2 Å². The number of nitrogens with zero attached hydrogens (tertiary/aromatic N) is 4. The van der Waals surface area contributed by atoms with Crippen LogP contribution in [0.25, 0.3) is 22.6 Å². The normalized spacial score (nSPS) is 15.9. The Labute approximate surface area is 241 Å². The van der Waals surface area contributed by atoms with Gasteiger partial charge in [0, 0.05) is 16.9 Å². The van der Waals surface area contributed by atoms with Crippen LogP contribution in [0.3, 0.4) is 0 Å². The zero-order chi connectivity index (χ0) is 29.1. The molecule has 0 bridgehead atoms. The van der Waals surface area contributed by atoms with Crippen molar-refractivity contribution in [2.45, 2.75) is 56.3 Å². The van der Waals surface area contributed by atoms with Gasteiger partial charge in [-0.1, -0.05) is 36.0 Å². The Hall–Kier alpha value is -4.22. The molecule has 10 heteroatoms. The quantitative estimate of drug-likeness (QED) is 0.235. The second kappa shape index (κ2) is 11.7. The average molecular weight is 570 g/mol. The van der Waals surface area contributed by atoms with Crippen LogP contribution in [0.2, 0.25) is 0 Å². The van der Waals surface area contributed by atoms with Crippen molar-refractivity contribution < 1.29 is 18.3 Å². The number of ether oxygens (including phenoxy) is 2. The monoisotopic (exact) mass is 569 g/mol. The summed E-state index contributed by atoms with van der Waals surface area (Å²) >= 11 is 1.27. The standard InChI is InChI=1S/C31H28FN5O3S/c1-18-12-21(9-11-26(18)32)29-36-22(15-38-29)17-41-30-25(14-34)27(24(13-33)28(35)37-30)20-7-4-19(5-8-20)6-10-23-16-39-31(2,3)40-23/h4-5,7-9,11-12,15,23H,6,10,16-17H2,1-3H3,(H2,35,37)/t23-/m1/s1. The Morgan fingerprint density at radius 1 is 1.07 bits per heavy atom. The molecule has 208 valence electrons. The minimum atomic E-state index is -0.551. The molecular formula is C31H28FN5O3S. The lowest BCUT2D eigenvalue weighted by molar-refractivity contribution is -0.138. The number of anilines is 1. The molecule has 0 amide bonds. The van der Waals surface area contributed by atoms with Gasteiger partial charge < -0.3 is 19.6 Å². The number of pyridine rings is 1. The maximum atomic E-state index is 13.7. The minimum absolute atomic E-state index is 0.0419. The van der Waals surface area contributed by atoms with Gasteiger partial charge in [0.2, 0.25) is 5.89 Å². The van der Waals surface area contributed by atoms with Crippen molar-refractivity contribution in [2.24, 2.45) is 0 Å². The summed E-state index contributed by atoms with van der Waals surface area (Å²) in [6.07, 6.45) is 3.18. The molecule has 1 atom stereocenters. The number of hydrogen-bond acceptors (Lipinski definition) is 9. The molecule has 8 nitrogen and oxygen atoms in total. The summed E-state index contributed by atoms with van der Waals surface area (Å²) in [5.41, 5.74) is 10.7. The van der Waals surface area contributed by atoms with E-state index >= 15 is 0 Å². The molecule has 0 radical (unpaired) electrons. The molecular weight excluding hydrogens is 541 g/mol. The van der Waals surface area contributed by atoms with Gasteiger partial charge >= 0.3 is 0 Å². The fourth-order valence-corrected chi connectivity index (χ4v) is 5.56. The molecule has 2 aromatic carbocycles. The first kappa shape index (κ1) is 28.3. The van der Waals surface area contributed by atoms with Crippen LogP contribution >= 0.6 is 11.8 Å². The number of oxazole rings is 1. The number of benzene rings is 2. The predicted molar refractivity (Wildman–Crippen MR) is 153 cm³/mol. The minimum Gasteiger partial charge on any atom is -0.444 e. The van der Waals surface area contributed by atoms with E-state index < -0.39 is 5.79 Å². The van der Waals surface area contributed by atoms with E-state index in [-0.39, 0.29) is 28.9 Å². The molecule has 2 N–H and O–H groups in total. The number of aromatic nitrogens is 2. The highest BCUT2D eigenvalue weighted by Gasteiger charge is 2.32. The Balaban J connectivity index is 1.35. The van der Waals surface area contributed by atoms with Crippen LogP contribution in [-0.2, 0) is 21.6 Å². The van der Waals surface area contributed by atoms with Crippen LogP contribution in [0.15, 0.2) is 58.2 Å². The lowest BCUT2D eigenvalue weighted by Gasteiger charge is -2.17. The Bertz CT molecular complexity index is 1670. The third-order valence-electron chi connectivity index (χ3n) is 6.79. The molecule has 0 saturated carbocycles. The summed E-state index contributed by atoms with van der Waals surface area (Å²) in [4.78, 5) is 8.88. The van der Waals surface area contributed by atoms with Gasteiger partial charge in [-0.2, -0.15) is 10.5 Å². The van der Waals surface area contributed by atoms with Crippen LogP contribution in [0, 0.1) is 35.4 Å². The third kappa shape index (κ3) is 6.26. The van der Waals surface area contributed by atoms with Crippen molar-refractivity contribution in [3.8, 4) is 34.7 Å². The van der Waals surface area contributed by atoms with Gasteiger partial charge in [0.25, 0.3) is 0 Å². The number of nitriles is 2. The van der Waals surface area contributed by atoms with Crippen LogP contribution in [0.4, 0.5) is 10.2 Å². The molecule has 0 aliphatic carbocycles. The average Bonchev–Trinajstić information content (AvgIpc) is 3.58. The van der Waals surface area contributed by atoms with E-state index in [0.717, 1.165) is 18.4 Å². The van der Waals surface area contributed by atoms with E-state index in [9.17, 15) is 14.9 Å². The smallest absolute Gasteiger partial charge is 0.226 e. The summed E-state index contributed by atoms with van der Waals surface area (Å²) in [7, 11) is 0. The molecule has 1 aliphatic heterocycles. The van der Waals surface area contributed by atoms with Crippen LogP contribution in [0.5, 0.6) is 0 Å². The van der Waals surface area contributed by atoms with Gasteiger partial charge in [-0.25, -0.2) is 14.4 Å². The Morgan fingerprint density at radius 3 is 2.46 bits per heavy atom. The van der Waals surface area contributed by atoms with E-state index in [2.05, 4.69) is 22.1 Å². The molecule has 5 rings (SSSR count). The van der Waals surface area contributed by atoms with Crippen molar-refractivity contribution in [3.05, 3.63) is 82.5 Å². The van der Waals surface area contributed by atoms with Gasteiger partial charge in [-0.15, -0.1) is 0 Å². The first-order valence-corrected chi connectivity index (χ1v) is 14.0. The summed E-state index contributed by atoms with van der Waals surface area (Å²) in [5.74, 6) is -0.0821. The molecule has 4 aromatic rings. The molecule has 41 heavy (non-hydrogen) atoms. The maximum Gasteiger partial charge on any atom is 0.226 e. The Kier molecular flexibility index (Phi) is 8.09. The van der Waals surface area contributed by atoms with Crippen molar-refractivity contribution in [2.75, 3.05) is 12.3 Å². The molecule has 3 heterocycles. The largest absolute Gasteiger partial charge is 0.444 e. The second-order valence-corrected chi connectivity index (χ2v) is 11.2. The first-order valence-electron chi connectivity index (χ1n) is 13.1. The number of nitrogens with two attached hydrogens (primary N) is 1. The van der Waals surface area contributed by atoms with E-state index in [1.54, 1.807) is 19.1 Å². The third-order valence-corrected chi connectivity index (χ3v) is 7.80. The van der Waals surface area contributed by atoms with Crippen LogP contribution in [-0.4, -0.2) is 28.5 Å². The van der Waals surface area contributed by atoms with E-state index in [1.165, 1.54) is 24.1 Å². The molecule has 0 spiro atoms. The molecule has 2 aromatic heterocycles. The zero-order valence-electron chi connectivity index (χ0n) is 22.9. The maximum absolute atomic E-state index is 13.7. The first-order chi connectivity index (χ1) is 19.7. The number of nitrogen functional groups attached to an aromatic ring is 1. The zero-order valence-corrected chi connectivity index (χ0v) is 23.7. The number of halogens is 1. The van der Waals surface area contributed by atoms with Crippen molar-refractivity contribution in [3.63, 3.8) is 0 Å². The van der Waals surface area contributed by atoms with Gasteiger partial charge in [0.05, 0.1) is 24.0 Å². The van der Waals surface area contributed by atoms with Gasteiger partial charge in [0.15, 0.2) is 5.79 Å². The number of thioether (sulfide) groups is 1. The molecule has 0 unspecified atom stereocenters. The molecule has 1 saturated heterocycles. The predicted octanol–water partition coefficient (Wildman–Crippen LogP) is 6.55. The summed E-state index contributed by atoms with van der Waals surface area (Å²) in [5, 5.41) is 20.4. The number of hydrogen-bond donors (Lipinski definition) is 1. The van der Waals surface area contributed by atoms with Gasteiger partial charge in [0.1, 0.15) is 40.6 Å². The van der Waals surface area contributed by atoms with E-state index in [4.69, 9.17) is 19.6 Å². The lowest BCUT2D eigenvalue weighted by atomic mass is 9.95. The van der Waals surface area contributed by atoms with Crippen LogP contribution < -0.4 is 5.73 Å². The topological polar surface area (TPSA) is 131 Å². The lowest BCUT2D eigenvalue weighted by Crippen LogP contribution is -2.21. The second-order valence-electron chi connectivity index (χ2n) is 10.2. The highest BCUT2D eigenvalue weighted by Crippen LogP contribution is 2.37. The van der Waals surface area contributed by atoms with Gasteiger partial charge in [-0.3, -0.25) is 0 Å². The highest BCUT2D eigenvalue weighted by molar-refractivity contribution is 7.98. The summed E-state index contributed by atoms with van der Waals surface area (Å²) in [6.45, 7) is 6.06. The highest BCUT2D eigenvalue weighted by atomic mass is 32.2. The SMILES string of the molecule is Cc1cc(-c2nc(CSc3nc(N)c(C#N)c(-c4ccc(CC[C@@H]5COC(C)(C)O5)cc4)c3C#N)co2)ccc1F. The number of aryl methyl sites for hydroxylation is 2. The van der Waals surface area contributed by atoms with E-state index in [1.807, 2.05) is 38.1 Å². The molecule has 1 aliphatic rings. The Morgan fingerprint density at radius 2 is 1.80 bits per heavy atom. The summed E-state index contributed by atoms with van der Waals surface area (Å²) < 4.78 is 30.8. The number of rotatable bonds is 8. The molecule has 1 fully saturated rings. The fourth-order valence-electron chi connectivity index (χ4n) is 4.69. The fraction of sp³-hybridized carbons (Fsp3) is 0.290. The van der Waals surface area contributed by atoms with Crippen molar-refractivity contribution in [1.82, 2.24) is 9.97 Å². The van der Waals surface area contributed by atoms with Crippen molar-refractivity contribution >= 4 is 17.6 Å². The van der Waals surface area contributed by atoms with Gasteiger partial charge in [-0.05, 0) is 68.5 Å².